The van der Waals surface area contributed by atoms with Crippen molar-refractivity contribution >= 4 is 11.9 Å². The number of rotatable bonds is 15. The Labute approximate surface area is 179 Å². The van der Waals surface area contributed by atoms with Gasteiger partial charge in [0.15, 0.2) is 0 Å². The summed E-state index contributed by atoms with van der Waals surface area (Å²) in [6.45, 7) is 8.36. The van der Waals surface area contributed by atoms with Gasteiger partial charge in [0.25, 0.3) is 0 Å². The molecule has 1 rings (SSSR count). The number of hydrogen-bond acceptors (Lipinski definition) is 3. The van der Waals surface area contributed by atoms with Gasteiger partial charge in [0, 0.05) is 0 Å². The van der Waals surface area contributed by atoms with Crippen LogP contribution in [0.4, 0.5) is 0 Å². The molecule has 0 aromatic rings. The normalized spacial score (nSPS) is 23.1. The summed E-state index contributed by atoms with van der Waals surface area (Å²) < 4.78 is 5.95. The maximum Gasteiger partial charge on any atom is 0.312 e. The molecule has 4 nitrogen and oxygen atoms in total. The van der Waals surface area contributed by atoms with Crippen molar-refractivity contribution in [2.24, 2.45) is 17.3 Å². The molecule has 0 bridgehead atoms. The van der Waals surface area contributed by atoms with E-state index in [2.05, 4.69) is 20.8 Å². The lowest BCUT2D eigenvalue weighted by Gasteiger charge is -2.38. The van der Waals surface area contributed by atoms with E-state index in [9.17, 15) is 14.7 Å². The molecule has 170 valence electrons. The van der Waals surface area contributed by atoms with Crippen molar-refractivity contribution < 1.29 is 19.4 Å². The smallest absolute Gasteiger partial charge is 0.312 e. The van der Waals surface area contributed by atoms with Crippen LogP contribution < -0.4 is 0 Å². The fraction of sp³-hybridized carbons (Fsp3) is 0.920. The van der Waals surface area contributed by atoms with E-state index in [-0.39, 0.29) is 12.1 Å². The van der Waals surface area contributed by atoms with Gasteiger partial charge < -0.3 is 9.84 Å². The highest BCUT2D eigenvalue weighted by Crippen LogP contribution is 2.42. The van der Waals surface area contributed by atoms with Gasteiger partial charge in [0.2, 0.25) is 0 Å². The molecule has 0 radical (unpaired) electrons. The summed E-state index contributed by atoms with van der Waals surface area (Å²) in [5.41, 5.74) is -0.877. The SMILES string of the molecule is CCCCCCCCCCCC(CC(C)C)OC(=O)C1(C)CCCCC1C(=O)O. The van der Waals surface area contributed by atoms with Crippen LogP contribution in [0.5, 0.6) is 0 Å². The molecule has 0 saturated heterocycles. The second-order valence-corrected chi connectivity index (χ2v) is 9.83. The van der Waals surface area contributed by atoms with Crippen molar-refractivity contribution in [3.63, 3.8) is 0 Å². The van der Waals surface area contributed by atoms with Crippen LogP contribution in [0, 0.1) is 17.3 Å². The Morgan fingerprint density at radius 1 is 1.00 bits per heavy atom. The first-order chi connectivity index (χ1) is 13.8. The Kier molecular flexibility index (Phi) is 12.6. The second kappa shape index (κ2) is 14.0. The maximum absolute atomic E-state index is 13.0. The molecular formula is C25H46O4. The summed E-state index contributed by atoms with van der Waals surface area (Å²) >= 11 is 0. The molecule has 1 aliphatic carbocycles. The average molecular weight is 411 g/mol. The maximum atomic E-state index is 13.0. The monoisotopic (exact) mass is 410 g/mol. The molecule has 0 heterocycles. The van der Waals surface area contributed by atoms with Crippen LogP contribution in [0.1, 0.15) is 124 Å². The van der Waals surface area contributed by atoms with Crippen molar-refractivity contribution in [3.8, 4) is 0 Å². The van der Waals surface area contributed by atoms with E-state index >= 15 is 0 Å². The topological polar surface area (TPSA) is 63.6 Å². The van der Waals surface area contributed by atoms with Gasteiger partial charge in [0.05, 0.1) is 11.3 Å². The number of unbranched alkanes of at least 4 members (excludes halogenated alkanes) is 8. The number of hydrogen-bond donors (Lipinski definition) is 1. The molecule has 0 spiro atoms. The van der Waals surface area contributed by atoms with Crippen LogP contribution >= 0.6 is 0 Å². The quantitative estimate of drug-likeness (QED) is 0.230. The standard InChI is InChI=1S/C25H46O4/c1-5-6-7-8-9-10-11-12-13-16-21(19-20(2)3)29-24(28)25(4)18-15-14-17-22(25)23(26)27/h20-22H,5-19H2,1-4H3,(H,26,27). The molecule has 0 aromatic carbocycles. The number of esters is 1. The predicted molar refractivity (Wildman–Crippen MR) is 119 cm³/mol. The Morgan fingerprint density at radius 3 is 2.14 bits per heavy atom. The highest BCUT2D eigenvalue weighted by molar-refractivity contribution is 5.84. The summed E-state index contributed by atoms with van der Waals surface area (Å²) in [5, 5.41) is 9.59. The molecule has 1 fully saturated rings. The summed E-state index contributed by atoms with van der Waals surface area (Å²) in [6, 6.07) is 0. The van der Waals surface area contributed by atoms with Gasteiger partial charge in [-0.25, -0.2) is 0 Å². The van der Waals surface area contributed by atoms with E-state index in [4.69, 9.17) is 4.74 Å². The van der Waals surface area contributed by atoms with Crippen molar-refractivity contribution in [2.45, 2.75) is 130 Å². The van der Waals surface area contributed by atoms with Crippen LogP contribution in [-0.2, 0) is 14.3 Å². The van der Waals surface area contributed by atoms with Gasteiger partial charge >= 0.3 is 11.9 Å². The minimum atomic E-state index is -0.877. The molecule has 0 amide bonds. The van der Waals surface area contributed by atoms with Crippen molar-refractivity contribution in [2.75, 3.05) is 0 Å². The van der Waals surface area contributed by atoms with Gasteiger partial charge in [-0.3, -0.25) is 9.59 Å². The molecule has 0 aromatic heterocycles. The first-order valence-electron chi connectivity index (χ1n) is 12.2. The van der Waals surface area contributed by atoms with Crippen LogP contribution in [0.2, 0.25) is 0 Å². The Balaban J connectivity index is 2.45. The van der Waals surface area contributed by atoms with Gasteiger partial charge in [-0.1, -0.05) is 85.0 Å². The number of aliphatic carboxylic acids is 1. The second-order valence-electron chi connectivity index (χ2n) is 9.83. The average Bonchev–Trinajstić information content (AvgIpc) is 2.66. The first kappa shape index (κ1) is 26.0. The van der Waals surface area contributed by atoms with Crippen molar-refractivity contribution in [3.05, 3.63) is 0 Å². The number of carboxylic acid groups (broad SMARTS) is 1. The van der Waals surface area contributed by atoms with Crippen LogP contribution in [0.25, 0.3) is 0 Å². The molecule has 0 aliphatic heterocycles. The summed E-state index contributed by atoms with van der Waals surface area (Å²) in [5.74, 6) is -1.30. The van der Waals surface area contributed by atoms with Gasteiger partial charge in [0.1, 0.15) is 6.10 Å². The lowest BCUT2D eigenvalue weighted by Crippen LogP contribution is -2.44. The fourth-order valence-corrected chi connectivity index (χ4v) is 4.69. The summed E-state index contributed by atoms with van der Waals surface area (Å²) in [6.07, 6.45) is 16.2. The Morgan fingerprint density at radius 2 is 1.59 bits per heavy atom. The van der Waals surface area contributed by atoms with E-state index in [1.807, 2.05) is 0 Å². The van der Waals surface area contributed by atoms with Crippen LogP contribution in [0.15, 0.2) is 0 Å². The fourth-order valence-electron chi connectivity index (χ4n) is 4.69. The highest BCUT2D eigenvalue weighted by Gasteiger charge is 2.48. The zero-order valence-electron chi connectivity index (χ0n) is 19.5. The third-order valence-electron chi connectivity index (χ3n) is 6.61. The lowest BCUT2D eigenvalue weighted by atomic mass is 9.67. The third kappa shape index (κ3) is 9.53. The van der Waals surface area contributed by atoms with Gasteiger partial charge in [-0.15, -0.1) is 0 Å². The first-order valence-corrected chi connectivity index (χ1v) is 12.2. The molecule has 3 unspecified atom stereocenters. The molecule has 29 heavy (non-hydrogen) atoms. The van der Waals surface area contributed by atoms with E-state index in [0.29, 0.717) is 18.8 Å². The van der Waals surface area contributed by atoms with E-state index in [0.717, 1.165) is 32.1 Å². The predicted octanol–water partition coefficient (Wildman–Crippen LogP) is 7.15. The van der Waals surface area contributed by atoms with E-state index in [1.54, 1.807) is 6.92 Å². The highest BCUT2D eigenvalue weighted by atomic mass is 16.5. The molecule has 1 aliphatic rings. The molecular weight excluding hydrogens is 364 g/mol. The van der Waals surface area contributed by atoms with E-state index in [1.165, 1.54) is 51.4 Å². The summed E-state index contributed by atoms with van der Waals surface area (Å²) in [4.78, 5) is 24.7. The van der Waals surface area contributed by atoms with Gasteiger partial charge in [-0.05, 0) is 44.9 Å². The van der Waals surface area contributed by atoms with Crippen molar-refractivity contribution in [1.82, 2.24) is 0 Å². The number of ether oxygens (including phenoxy) is 1. The van der Waals surface area contributed by atoms with Gasteiger partial charge in [-0.2, -0.15) is 0 Å². The van der Waals surface area contributed by atoms with Crippen LogP contribution in [0.3, 0.4) is 0 Å². The zero-order chi connectivity index (χ0) is 21.7. The number of carbonyl (C=O) groups excluding carboxylic acids is 1. The third-order valence-corrected chi connectivity index (χ3v) is 6.61. The van der Waals surface area contributed by atoms with E-state index < -0.39 is 17.3 Å². The lowest BCUT2D eigenvalue weighted by molar-refractivity contribution is -0.174. The number of carbonyl (C=O) groups is 2. The minimum absolute atomic E-state index is 0.0831. The minimum Gasteiger partial charge on any atom is -0.481 e. The molecule has 1 N–H and O–H groups in total. The molecule has 3 atom stereocenters. The Bertz CT molecular complexity index is 473. The Hall–Kier alpha value is -1.06. The zero-order valence-corrected chi connectivity index (χ0v) is 19.5. The van der Waals surface area contributed by atoms with Crippen LogP contribution in [-0.4, -0.2) is 23.1 Å². The molecule has 4 heteroatoms. The van der Waals surface area contributed by atoms with Crippen molar-refractivity contribution in [1.29, 1.82) is 0 Å². The molecule has 1 saturated carbocycles. The number of carboxylic acids is 1. The summed E-state index contributed by atoms with van der Waals surface area (Å²) in [7, 11) is 0. The largest absolute Gasteiger partial charge is 0.481 e.